The van der Waals surface area contributed by atoms with Gasteiger partial charge in [-0.15, -0.1) is 5.10 Å². The molecule has 2 aromatic rings. The molecule has 2 N–H and O–H groups in total. The maximum absolute atomic E-state index is 12.2. The summed E-state index contributed by atoms with van der Waals surface area (Å²) in [5.41, 5.74) is 0.960. The van der Waals surface area contributed by atoms with Crippen molar-refractivity contribution in [3.8, 4) is 5.75 Å². The summed E-state index contributed by atoms with van der Waals surface area (Å²) >= 11 is 7.34. The number of carbonyl (C=O) groups is 1. The van der Waals surface area contributed by atoms with Crippen molar-refractivity contribution in [1.82, 2.24) is 20.5 Å². The minimum atomic E-state index is 0.0398. The van der Waals surface area contributed by atoms with Gasteiger partial charge < -0.3 is 10.1 Å². The number of nitrogens with one attached hydrogen (secondary N) is 2. The molecular weight excluding hydrogens is 384 g/mol. The Hall–Kier alpha value is -1.73. The van der Waals surface area contributed by atoms with Gasteiger partial charge in [-0.2, -0.15) is 0 Å². The lowest BCUT2D eigenvalue weighted by Crippen LogP contribution is -2.41. The summed E-state index contributed by atoms with van der Waals surface area (Å²) in [6, 6.07) is 5.80. The van der Waals surface area contributed by atoms with Gasteiger partial charge in [-0.05, 0) is 49.4 Å². The molecule has 1 fully saturated rings. The molecule has 3 rings (SSSR count). The number of halogens is 1. The summed E-state index contributed by atoms with van der Waals surface area (Å²) in [4.78, 5) is 16.5. The minimum Gasteiger partial charge on any atom is -0.486 e. The summed E-state index contributed by atoms with van der Waals surface area (Å²) in [5.74, 6) is 2.25. The number of H-pyrrole nitrogens is 1. The van der Waals surface area contributed by atoms with Gasteiger partial charge in [-0.3, -0.25) is 9.89 Å². The second-order valence-electron chi connectivity index (χ2n) is 6.99. The first-order chi connectivity index (χ1) is 13.0. The van der Waals surface area contributed by atoms with Crippen molar-refractivity contribution < 1.29 is 9.53 Å². The number of ether oxygens (including phenoxy) is 1. The van der Waals surface area contributed by atoms with Crippen LogP contribution >= 0.6 is 23.4 Å². The van der Waals surface area contributed by atoms with E-state index in [1.54, 1.807) is 6.07 Å². The molecule has 0 aliphatic heterocycles. The van der Waals surface area contributed by atoms with E-state index in [-0.39, 0.29) is 12.5 Å². The maximum Gasteiger partial charge on any atom is 0.230 e. The number of aromatic nitrogens is 3. The first kappa shape index (κ1) is 20.0. The molecule has 1 aromatic carbocycles. The van der Waals surface area contributed by atoms with E-state index in [2.05, 4.69) is 27.4 Å². The largest absolute Gasteiger partial charge is 0.486 e. The molecule has 8 heteroatoms. The van der Waals surface area contributed by atoms with Gasteiger partial charge in [0.2, 0.25) is 11.1 Å². The highest BCUT2D eigenvalue weighted by molar-refractivity contribution is 7.99. The fourth-order valence-electron chi connectivity index (χ4n) is 3.17. The zero-order chi connectivity index (χ0) is 19.2. The fraction of sp³-hybridized carbons (Fsp3) is 0.526. The number of amides is 1. The molecule has 0 unspecified atom stereocenters. The molecule has 146 valence electrons. The first-order valence-corrected chi connectivity index (χ1v) is 10.6. The van der Waals surface area contributed by atoms with E-state index in [0.29, 0.717) is 33.7 Å². The second kappa shape index (κ2) is 9.46. The van der Waals surface area contributed by atoms with Gasteiger partial charge in [0, 0.05) is 11.1 Å². The van der Waals surface area contributed by atoms with Crippen molar-refractivity contribution in [1.29, 1.82) is 0 Å². The Morgan fingerprint density at radius 2 is 2.22 bits per heavy atom. The van der Waals surface area contributed by atoms with Crippen LogP contribution in [0.2, 0.25) is 5.02 Å². The number of aromatic amines is 1. The highest BCUT2D eigenvalue weighted by Gasteiger charge is 2.22. The van der Waals surface area contributed by atoms with Gasteiger partial charge in [0.1, 0.15) is 12.4 Å². The van der Waals surface area contributed by atoms with Crippen molar-refractivity contribution in [3.05, 3.63) is 34.6 Å². The molecule has 6 nitrogen and oxygen atoms in total. The van der Waals surface area contributed by atoms with Gasteiger partial charge in [0.05, 0.1) is 5.75 Å². The third-order valence-electron chi connectivity index (χ3n) is 4.81. The molecule has 0 saturated heterocycles. The fourth-order valence-corrected chi connectivity index (χ4v) is 3.92. The summed E-state index contributed by atoms with van der Waals surface area (Å²) < 4.78 is 5.70. The normalized spacial score (nSPS) is 19.7. The van der Waals surface area contributed by atoms with E-state index >= 15 is 0 Å². The molecule has 2 atom stereocenters. The van der Waals surface area contributed by atoms with Crippen molar-refractivity contribution >= 4 is 29.3 Å². The Labute approximate surface area is 168 Å². The van der Waals surface area contributed by atoms with Crippen LogP contribution in [0.4, 0.5) is 0 Å². The maximum atomic E-state index is 12.2. The van der Waals surface area contributed by atoms with Gasteiger partial charge in [0.15, 0.2) is 5.82 Å². The topological polar surface area (TPSA) is 79.9 Å². The van der Waals surface area contributed by atoms with Gasteiger partial charge in [-0.1, -0.05) is 43.1 Å². The van der Waals surface area contributed by atoms with E-state index in [4.69, 9.17) is 16.3 Å². The van der Waals surface area contributed by atoms with Crippen LogP contribution in [0.25, 0.3) is 0 Å². The van der Waals surface area contributed by atoms with Crippen LogP contribution in [-0.2, 0) is 11.4 Å². The highest BCUT2D eigenvalue weighted by Crippen LogP contribution is 2.24. The average Bonchev–Trinajstić information content (AvgIpc) is 3.11. The van der Waals surface area contributed by atoms with Gasteiger partial charge in [-0.25, -0.2) is 4.98 Å². The molecule has 1 aliphatic carbocycles. The van der Waals surface area contributed by atoms with Crippen molar-refractivity contribution in [2.75, 3.05) is 5.75 Å². The van der Waals surface area contributed by atoms with Crippen LogP contribution in [0.15, 0.2) is 23.4 Å². The number of hydrogen-bond donors (Lipinski definition) is 2. The standard InChI is InChI=1S/C19H25ClN4O2S/c1-12-5-3-4-6-16(12)21-18(25)11-27-19-22-17(23-24-19)10-26-14-7-8-15(20)13(2)9-14/h7-9,12,16H,3-6,10-11H2,1-2H3,(H,21,25)(H,22,23,24)/t12-,16+/m1/s1. The van der Waals surface area contributed by atoms with E-state index in [9.17, 15) is 4.79 Å². The predicted octanol–water partition coefficient (Wildman–Crippen LogP) is 4.13. The zero-order valence-electron chi connectivity index (χ0n) is 15.6. The minimum absolute atomic E-state index is 0.0398. The zero-order valence-corrected chi connectivity index (χ0v) is 17.2. The summed E-state index contributed by atoms with van der Waals surface area (Å²) in [7, 11) is 0. The van der Waals surface area contributed by atoms with Crippen LogP contribution in [0.1, 0.15) is 44.0 Å². The third-order valence-corrected chi connectivity index (χ3v) is 6.08. The van der Waals surface area contributed by atoms with E-state index in [1.807, 2.05) is 19.1 Å². The lowest BCUT2D eigenvalue weighted by atomic mass is 9.86. The summed E-state index contributed by atoms with van der Waals surface area (Å²) in [6.45, 7) is 4.42. The van der Waals surface area contributed by atoms with Gasteiger partial charge in [0.25, 0.3) is 0 Å². The molecule has 1 heterocycles. The lowest BCUT2D eigenvalue weighted by molar-refractivity contribution is -0.119. The molecule has 1 aliphatic rings. The van der Waals surface area contributed by atoms with Crippen molar-refractivity contribution in [2.24, 2.45) is 5.92 Å². The smallest absolute Gasteiger partial charge is 0.230 e. The Bertz CT molecular complexity index is 783. The molecule has 0 bridgehead atoms. The number of hydrogen-bond acceptors (Lipinski definition) is 5. The Balaban J connectivity index is 1.43. The van der Waals surface area contributed by atoms with Crippen molar-refractivity contribution in [3.63, 3.8) is 0 Å². The number of thioether (sulfide) groups is 1. The summed E-state index contributed by atoms with van der Waals surface area (Å²) in [6.07, 6.45) is 4.72. The molecule has 1 amide bonds. The molecule has 0 spiro atoms. The van der Waals surface area contributed by atoms with Crippen LogP contribution in [0.5, 0.6) is 5.75 Å². The third kappa shape index (κ3) is 5.87. The Morgan fingerprint density at radius 3 is 3.00 bits per heavy atom. The molecular formula is C19H25ClN4O2S. The number of aryl methyl sites for hydroxylation is 1. The van der Waals surface area contributed by atoms with Crippen molar-refractivity contribution in [2.45, 2.75) is 57.3 Å². The van der Waals surface area contributed by atoms with Crippen LogP contribution in [0.3, 0.4) is 0 Å². The number of rotatable bonds is 7. The Kier molecular flexibility index (Phi) is 7.01. The van der Waals surface area contributed by atoms with E-state index in [1.165, 1.54) is 31.0 Å². The van der Waals surface area contributed by atoms with Crippen LogP contribution in [0, 0.1) is 12.8 Å². The number of nitrogens with zero attached hydrogens (tertiary/aromatic N) is 2. The summed E-state index contributed by atoms with van der Waals surface area (Å²) in [5, 5.41) is 11.4. The van der Waals surface area contributed by atoms with Crippen LogP contribution in [-0.4, -0.2) is 32.9 Å². The second-order valence-corrected chi connectivity index (χ2v) is 8.34. The molecule has 0 radical (unpaired) electrons. The molecule has 27 heavy (non-hydrogen) atoms. The molecule has 1 aromatic heterocycles. The lowest BCUT2D eigenvalue weighted by Gasteiger charge is -2.29. The number of benzene rings is 1. The van der Waals surface area contributed by atoms with Crippen LogP contribution < -0.4 is 10.1 Å². The molecule has 1 saturated carbocycles. The highest BCUT2D eigenvalue weighted by atomic mass is 35.5. The Morgan fingerprint density at radius 1 is 1.41 bits per heavy atom. The monoisotopic (exact) mass is 408 g/mol. The van der Waals surface area contributed by atoms with Gasteiger partial charge >= 0.3 is 0 Å². The average molecular weight is 409 g/mol. The SMILES string of the molecule is Cc1cc(OCc2nc(SCC(=O)N[C@H]3CCCC[C@H]3C)n[nH]2)ccc1Cl. The first-order valence-electron chi connectivity index (χ1n) is 9.23. The van der Waals surface area contributed by atoms with E-state index < -0.39 is 0 Å². The quantitative estimate of drug-likeness (QED) is 0.673. The number of carbonyl (C=O) groups excluding carboxylic acids is 1. The van der Waals surface area contributed by atoms with E-state index in [0.717, 1.165) is 17.7 Å². The predicted molar refractivity (Wildman–Crippen MR) is 107 cm³/mol.